The van der Waals surface area contributed by atoms with Gasteiger partial charge in [-0.3, -0.25) is 0 Å². The Kier molecular flexibility index (Phi) is 7.14. The summed E-state index contributed by atoms with van der Waals surface area (Å²) in [5.74, 6) is 3.27. The maximum absolute atomic E-state index is 2.68. The van der Waals surface area contributed by atoms with Gasteiger partial charge in [-0.2, -0.15) is 0 Å². The molecule has 4 bridgehead atoms. The molecule has 0 atom stereocenters. The van der Waals surface area contributed by atoms with E-state index in [1.165, 1.54) is 125 Å². The number of rotatable bonds is 5. The first-order chi connectivity index (χ1) is 28.7. The van der Waals surface area contributed by atoms with Crippen LogP contribution in [0.3, 0.4) is 0 Å². The van der Waals surface area contributed by atoms with Crippen molar-refractivity contribution in [3.05, 3.63) is 186 Å². The van der Waals surface area contributed by atoms with Crippen LogP contribution in [0.5, 0.6) is 0 Å². The lowest BCUT2D eigenvalue weighted by atomic mass is 9.43. The Morgan fingerprint density at radius 1 is 0.379 bits per heavy atom. The highest BCUT2D eigenvalue weighted by Gasteiger charge is 2.61. The monoisotopic (exact) mass is 747 g/mol. The van der Waals surface area contributed by atoms with Crippen molar-refractivity contribution in [1.82, 2.24) is 0 Å². The van der Waals surface area contributed by atoms with Gasteiger partial charge in [-0.25, -0.2) is 0 Å². The third-order valence-electron chi connectivity index (χ3n) is 16.2. The lowest BCUT2D eigenvalue weighted by molar-refractivity contribution is -0.0399. The van der Waals surface area contributed by atoms with Crippen molar-refractivity contribution in [2.75, 3.05) is 4.90 Å². The van der Waals surface area contributed by atoms with Crippen LogP contribution < -0.4 is 4.90 Å². The van der Waals surface area contributed by atoms with Crippen molar-refractivity contribution in [2.24, 2.45) is 23.7 Å². The van der Waals surface area contributed by atoms with E-state index in [0.717, 1.165) is 23.7 Å². The van der Waals surface area contributed by atoms with E-state index < -0.39 is 0 Å². The van der Waals surface area contributed by atoms with Gasteiger partial charge in [-0.1, -0.05) is 140 Å². The third kappa shape index (κ3) is 4.54. The minimum absolute atomic E-state index is 0.103. The first-order valence-electron chi connectivity index (χ1n) is 22.2. The molecule has 2 spiro atoms. The lowest BCUT2D eigenvalue weighted by Crippen LogP contribution is -2.55. The van der Waals surface area contributed by atoms with Gasteiger partial charge >= 0.3 is 0 Å². The van der Waals surface area contributed by atoms with Gasteiger partial charge in [0.15, 0.2) is 0 Å². The highest BCUT2D eigenvalue weighted by Crippen LogP contribution is 2.70. The summed E-state index contributed by atoms with van der Waals surface area (Å²) in [4.78, 5) is 2.63. The maximum Gasteiger partial charge on any atom is 0.0540 e. The van der Waals surface area contributed by atoms with Crippen molar-refractivity contribution < 1.29 is 0 Å². The van der Waals surface area contributed by atoms with Crippen LogP contribution in [0, 0.1) is 23.7 Å². The van der Waals surface area contributed by atoms with Gasteiger partial charge < -0.3 is 4.90 Å². The molecule has 7 aliphatic rings. The average Bonchev–Trinajstić information content (AvgIpc) is 3.96. The molecule has 0 saturated heterocycles. The largest absolute Gasteiger partial charge is 0.310 e. The molecule has 282 valence electrons. The molecule has 1 nitrogen and oxygen atoms in total. The standard InChI is InChI=1S/C57H49N/c1-3-13-39(14-4-1)41-21-26-55(49(34-41)40-15-5-2-6-16-40)58(44-23-25-52-50(35-44)47-18-7-9-19-51(47)56(52)27-11-12-28-56)45-22-24-48-46-17-8-10-20-53(46)57(54(48)36-45)42-30-37-29-38(32-42)33-43(57)31-37/h1-10,13-26,34-38,42-43H,11-12,27-33H2. The Morgan fingerprint density at radius 3 is 1.67 bits per heavy atom. The molecule has 14 rings (SSSR count). The Morgan fingerprint density at radius 2 is 0.948 bits per heavy atom. The predicted molar refractivity (Wildman–Crippen MR) is 240 cm³/mol. The van der Waals surface area contributed by atoms with Crippen molar-refractivity contribution in [3.8, 4) is 44.5 Å². The quantitative estimate of drug-likeness (QED) is 0.169. The predicted octanol–water partition coefficient (Wildman–Crippen LogP) is 15.1. The van der Waals surface area contributed by atoms with Crippen molar-refractivity contribution in [1.29, 1.82) is 0 Å². The van der Waals surface area contributed by atoms with E-state index >= 15 is 0 Å². The second-order valence-electron chi connectivity index (χ2n) is 18.8. The molecular weight excluding hydrogens is 699 g/mol. The van der Waals surface area contributed by atoms with Crippen molar-refractivity contribution in [3.63, 3.8) is 0 Å². The molecule has 1 heteroatoms. The average molecular weight is 748 g/mol. The Balaban J connectivity index is 1.06. The molecule has 5 saturated carbocycles. The molecule has 0 aromatic heterocycles. The molecule has 7 aliphatic carbocycles. The first kappa shape index (κ1) is 33.3. The SMILES string of the molecule is c1ccc(-c2ccc(N(c3ccc4c(c3)-c3ccccc3C43CCCC3)c3ccc4c(c3)C3(c5ccccc5-4)C4CC5CC(C4)CC3C5)c(-c3ccccc3)c2)cc1. The summed E-state index contributed by atoms with van der Waals surface area (Å²) in [5.41, 5.74) is 21.1. The van der Waals surface area contributed by atoms with E-state index in [2.05, 4.69) is 169 Å². The topological polar surface area (TPSA) is 3.24 Å². The third-order valence-corrected chi connectivity index (χ3v) is 16.2. The van der Waals surface area contributed by atoms with Crippen LogP contribution in [-0.2, 0) is 10.8 Å². The summed E-state index contributed by atoms with van der Waals surface area (Å²) in [7, 11) is 0. The zero-order valence-electron chi connectivity index (χ0n) is 33.2. The highest BCUT2D eigenvalue weighted by molar-refractivity contribution is 5.94. The zero-order valence-corrected chi connectivity index (χ0v) is 33.2. The van der Waals surface area contributed by atoms with E-state index in [-0.39, 0.29) is 10.8 Å². The fourth-order valence-corrected chi connectivity index (χ4v) is 14.2. The van der Waals surface area contributed by atoms with Gasteiger partial charge in [-0.15, -0.1) is 0 Å². The molecule has 0 unspecified atom stereocenters. The van der Waals surface area contributed by atoms with Crippen LogP contribution in [0.15, 0.2) is 164 Å². The number of hydrogen-bond acceptors (Lipinski definition) is 1. The van der Waals surface area contributed by atoms with E-state index in [4.69, 9.17) is 0 Å². The smallest absolute Gasteiger partial charge is 0.0540 e. The Hall–Kier alpha value is -5.66. The molecule has 58 heavy (non-hydrogen) atoms. The minimum Gasteiger partial charge on any atom is -0.310 e. The Labute approximate surface area is 343 Å². The molecule has 0 heterocycles. The number of benzene rings is 7. The molecule has 7 aromatic carbocycles. The van der Waals surface area contributed by atoms with Gasteiger partial charge in [-0.05, 0) is 166 Å². The minimum atomic E-state index is 0.103. The molecule has 7 aromatic rings. The summed E-state index contributed by atoms with van der Waals surface area (Å²) < 4.78 is 0. The van der Waals surface area contributed by atoms with Crippen LogP contribution in [0.25, 0.3) is 44.5 Å². The summed E-state index contributed by atoms with van der Waals surface area (Å²) in [6, 6.07) is 63.2. The van der Waals surface area contributed by atoms with Crippen LogP contribution in [0.2, 0.25) is 0 Å². The van der Waals surface area contributed by atoms with Crippen LogP contribution in [0.4, 0.5) is 17.1 Å². The fourth-order valence-electron chi connectivity index (χ4n) is 14.2. The molecule has 0 aliphatic heterocycles. The molecular formula is C57H49N. The summed E-state index contributed by atoms with van der Waals surface area (Å²) in [5, 5.41) is 0. The number of fused-ring (bicyclic) bond motifs is 8. The second-order valence-corrected chi connectivity index (χ2v) is 18.8. The van der Waals surface area contributed by atoms with Gasteiger partial charge in [0.1, 0.15) is 0 Å². The molecule has 0 radical (unpaired) electrons. The summed E-state index contributed by atoms with van der Waals surface area (Å²) in [6.07, 6.45) is 12.1. The molecule has 5 fully saturated rings. The number of nitrogens with zero attached hydrogens (tertiary/aromatic N) is 1. The first-order valence-corrected chi connectivity index (χ1v) is 22.2. The van der Waals surface area contributed by atoms with Gasteiger partial charge in [0.25, 0.3) is 0 Å². The Bertz CT molecular complexity index is 2720. The van der Waals surface area contributed by atoms with Crippen LogP contribution >= 0.6 is 0 Å². The van der Waals surface area contributed by atoms with Crippen LogP contribution in [0.1, 0.15) is 80.0 Å². The fraction of sp³-hybridized carbons (Fsp3) is 0.263. The maximum atomic E-state index is 2.68. The van der Waals surface area contributed by atoms with Gasteiger partial charge in [0.05, 0.1) is 5.69 Å². The van der Waals surface area contributed by atoms with E-state index in [1.54, 1.807) is 16.7 Å². The van der Waals surface area contributed by atoms with Gasteiger partial charge in [0, 0.05) is 27.8 Å². The second kappa shape index (κ2) is 12.4. The number of anilines is 3. The number of hydrogen-bond donors (Lipinski definition) is 0. The summed E-state index contributed by atoms with van der Waals surface area (Å²) >= 11 is 0. The summed E-state index contributed by atoms with van der Waals surface area (Å²) in [6.45, 7) is 0. The van der Waals surface area contributed by atoms with E-state index in [0.29, 0.717) is 0 Å². The van der Waals surface area contributed by atoms with Gasteiger partial charge in [0.2, 0.25) is 0 Å². The normalized spacial score (nSPS) is 24.8. The van der Waals surface area contributed by atoms with Crippen LogP contribution in [-0.4, -0.2) is 0 Å². The molecule has 0 N–H and O–H groups in total. The van der Waals surface area contributed by atoms with E-state index in [1.807, 2.05) is 0 Å². The van der Waals surface area contributed by atoms with Crippen molar-refractivity contribution >= 4 is 17.1 Å². The highest BCUT2D eigenvalue weighted by atomic mass is 15.1. The zero-order chi connectivity index (χ0) is 38.0. The van der Waals surface area contributed by atoms with E-state index in [9.17, 15) is 0 Å². The lowest BCUT2D eigenvalue weighted by Gasteiger charge is -2.61. The van der Waals surface area contributed by atoms with Crippen molar-refractivity contribution in [2.45, 2.75) is 68.6 Å². The molecule has 0 amide bonds.